The predicted octanol–water partition coefficient (Wildman–Crippen LogP) is 4.95. The van der Waals surface area contributed by atoms with Crippen molar-refractivity contribution in [2.24, 2.45) is 0 Å². The standard InChI is InChI=1S/C14H9BrClN/c1-9-6-10(8-17)7-13(16)14(9)11-2-4-12(15)5-3-11/h2-7H,1H3. The van der Waals surface area contributed by atoms with Gasteiger partial charge in [-0.2, -0.15) is 5.26 Å². The van der Waals surface area contributed by atoms with Crippen LogP contribution in [-0.4, -0.2) is 0 Å². The van der Waals surface area contributed by atoms with Crippen LogP contribution < -0.4 is 0 Å². The van der Waals surface area contributed by atoms with Crippen molar-refractivity contribution in [3.63, 3.8) is 0 Å². The van der Waals surface area contributed by atoms with E-state index in [2.05, 4.69) is 22.0 Å². The molecule has 0 radical (unpaired) electrons. The summed E-state index contributed by atoms with van der Waals surface area (Å²) in [4.78, 5) is 0. The number of aryl methyl sites for hydroxylation is 1. The summed E-state index contributed by atoms with van der Waals surface area (Å²) in [5.41, 5.74) is 3.64. The number of nitrogens with zero attached hydrogens (tertiary/aromatic N) is 1. The maximum absolute atomic E-state index is 8.87. The first-order chi connectivity index (χ1) is 8.11. The topological polar surface area (TPSA) is 23.8 Å². The second kappa shape index (κ2) is 4.91. The van der Waals surface area contributed by atoms with Crippen LogP contribution in [0, 0.1) is 18.3 Å². The normalized spacial score (nSPS) is 10.0. The van der Waals surface area contributed by atoms with Gasteiger partial charge in [0.25, 0.3) is 0 Å². The van der Waals surface area contributed by atoms with E-state index in [1.165, 1.54) is 0 Å². The highest BCUT2D eigenvalue weighted by Gasteiger charge is 2.08. The fraction of sp³-hybridized carbons (Fsp3) is 0.0714. The van der Waals surface area contributed by atoms with E-state index in [9.17, 15) is 0 Å². The molecule has 0 aliphatic carbocycles. The lowest BCUT2D eigenvalue weighted by molar-refractivity contribution is 1.41. The second-order valence-electron chi connectivity index (χ2n) is 3.77. The Labute approximate surface area is 114 Å². The van der Waals surface area contributed by atoms with Gasteiger partial charge in [-0.1, -0.05) is 39.7 Å². The van der Waals surface area contributed by atoms with Crippen molar-refractivity contribution in [1.82, 2.24) is 0 Å². The van der Waals surface area contributed by atoms with Gasteiger partial charge in [-0.05, 0) is 42.3 Å². The van der Waals surface area contributed by atoms with Crippen LogP contribution in [0.25, 0.3) is 11.1 Å². The fourth-order valence-corrected chi connectivity index (χ4v) is 2.43. The average Bonchev–Trinajstić information content (AvgIpc) is 2.30. The van der Waals surface area contributed by atoms with Gasteiger partial charge in [0.15, 0.2) is 0 Å². The first-order valence-electron chi connectivity index (χ1n) is 5.08. The third kappa shape index (κ3) is 2.52. The van der Waals surface area contributed by atoms with Gasteiger partial charge in [0.1, 0.15) is 0 Å². The molecule has 1 nitrogen and oxygen atoms in total. The van der Waals surface area contributed by atoms with Crippen LogP contribution in [0.1, 0.15) is 11.1 Å². The van der Waals surface area contributed by atoms with Crippen LogP contribution >= 0.6 is 27.5 Å². The molecular formula is C14H9BrClN. The largest absolute Gasteiger partial charge is 0.192 e. The van der Waals surface area contributed by atoms with Gasteiger partial charge in [-0.25, -0.2) is 0 Å². The molecule has 0 unspecified atom stereocenters. The summed E-state index contributed by atoms with van der Waals surface area (Å²) in [5.74, 6) is 0. The van der Waals surface area contributed by atoms with E-state index in [1.807, 2.05) is 37.3 Å². The van der Waals surface area contributed by atoms with E-state index in [1.54, 1.807) is 6.07 Å². The smallest absolute Gasteiger partial charge is 0.0992 e. The van der Waals surface area contributed by atoms with E-state index in [-0.39, 0.29) is 0 Å². The van der Waals surface area contributed by atoms with Gasteiger partial charge >= 0.3 is 0 Å². The molecule has 0 aliphatic heterocycles. The molecule has 17 heavy (non-hydrogen) atoms. The third-order valence-electron chi connectivity index (χ3n) is 2.55. The molecule has 3 heteroatoms. The van der Waals surface area contributed by atoms with Gasteiger partial charge in [-0.3, -0.25) is 0 Å². The van der Waals surface area contributed by atoms with Crippen molar-refractivity contribution in [3.8, 4) is 17.2 Å². The summed E-state index contributed by atoms with van der Waals surface area (Å²) in [5, 5.41) is 9.48. The molecule has 0 saturated heterocycles. The van der Waals surface area contributed by atoms with E-state index < -0.39 is 0 Å². The number of nitriles is 1. The zero-order valence-electron chi connectivity index (χ0n) is 9.17. The van der Waals surface area contributed by atoms with Gasteiger partial charge in [0.05, 0.1) is 11.6 Å². The van der Waals surface area contributed by atoms with Crippen molar-refractivity contribution < 1.29 is 0 Å². The third-order valence-corrected chi connectivity index (χ3v) is 3.38. The first-order valence-corrected chi connectivity index (χ1v) is 6.25. The highest BCUT2D eigenvalue weighted by atomic mass is 79.9. The van der Waals surface area contributed by atoms with E-state index in [0.717, 1.165) is 21.2 Å². The molecule has 2 aromatic rings. The van der Waals surface area contributed by atoms with Crippen molar-refractivity contribution in [2.75, 3.05) is 0 Å². The minimum atomic E-state index is 0.591. The summed E-state index contributed by atoms with van der Waals surface area (Å²) in [6.07, 6.45) is 0. The maximum Gasteiger partial charge on any atom is 0.0992 e. The summed E-state index contributed by atoms with van der Waals surface area (Å²) >= 11 is 9.63. The van der Waals surface area contributed by atoms with Gasteiger partial charge in [0, 0.05) is 15.1 Å². The number of benzene rings is 2. The number of hydrogen-bond acceptors (Lipinski definition) is 1. The van der Waals surface area contributed by atoms with Crippen LogP contribution in [0.3, 0.4) is 0 Å². The molecule has 0 atom stereocenters. The molecule has 2 rings (SSSR count). The minimum absolute atomic E-state index is 0.591. The maximum atomic E-state index is 8.87. The van der Waals surface area contributed by atoms with Crippen molar-refractivity contribution >= 4 is 27.5 Å². The molecule has 84 valence electrons. The Morgan fingerprint density at radius 2 is 1.82 bits per heavy atom. The number of halogens is 2. The molecule has 0 fully saturated rings. The Kier molecular flexibility index (Phi) is 3.51. The molecule has 0 aliphatic rings. The zero-order chi connectivity index (χ0) is 12.4. The van der Waals surface area contributed by atoms with E-state index in [0.29, 0.717) is 10.6 Å². The molecular weight excluding hydrogens is 298 g/mol. The van der Waals surface area contributed by atoms with E-state index >= 15 is 0 Å². The molecule has 0 heterocycles. The molecule has 0 amide bonds. The van der Waals surface area contributed by atoms with Crippen LogP contribution in [0.5, 0.6) is 0 Å². The van der Waals surface area contributed by atoms with Gasteiger partial charge in [-0.15, -0.1) is 0 Å². The van der Waals surface area contributed by atoms with Crippen LogP contribution in [0.2, 0.25) is 5.02 Å². The molecule has 0 aromatic heterocycles. The fourth-order valence-electron chi connectivity index (χ4n) is 1.79. The molecule has 0 spiro atoms. The molecule has 0 bridgehead atoms. The molecule has 2 aromatic carbocycles. The van der Waals surface area contributed by atoms with Crippen molar-refractivity contribution in [3.05, 3.63) is 57.0 Å². The Balaban J connectivity index is 2.60. The SMILES string of the molecule is Cc1cc(C#N)cc(Cl)c1-c1ccc(Br)cc1. The highest BCUT2D eigenvalue weighted by molar-refractivity contribution is 9.10. The average molecular weight is 307 g/mol. The van der Waals surface area contributed by atoms with Gasteiger partial charge < -0.3 is 0 Å². The second-order valence-corrected chi connectivity index (χ2v) is 5.09. The number of hydrogen-bond donors (Lipinski definition) is 0. The summed E-state index contributed by atoms with van der Waals surface area (Å²) in [6, 6.07) is 13.6. The lowest BCUT2D eigenvalue weighted by Gasteiger charge is -2.09. The Hall–Kier alpha value is -1.30. The lowest BCUT2D eigenvalue weighted by atomic mass is 9.99. The van der Waals surface area contributed by atoms with Crippen LogP contribution in [0.4, 0.5) is 0 Å². The van der Waals surface area contributed by atoms with Crippen molar-refractivity contribution in [1.29, 1.82) is 5.26 Å². The quantitative estimate of drug-likeness (QED) is 0.731. The first kappa shape index (κ1) is 12.2. The number of rotatable bonds is 1. The predicted molar refractivity (Wildman–Crippen MR) is 74.0 cm³/mol. The minimum Gasteiger partial charge on any atom is -0.192 e. The summed E-state index contributed by atoms with van der Waals surface area (Å²) < 4.78 is 1.03. The monoisotopic (exact) mass is 305 g/mol. The Morgan fingerprint density at radius 1 is 1.18 bits per heavy atom. The lowest BCUT2D eigenvalue weighted by Crippen LogP contribution is -1.87. The Bertz CT molecular complexity index is 574. The summed E-state index contributed by atoms with van der Waals surface area (Å²) in [7, 11) is 0. The molecule has 0 N–H and O–H groups in total. The highest BCUT2D eigenvalue weighted by Crippen LogP contribution is 2.32. The van der Waals surface area contributed by atoms with Gasteiger partial charge in [0.2, 0.25) is 0 Å². The summed E-state index contributed by atoms with van der Waals surface area (Å²) in [6.45, 7) is 1.96. The Morgan fingerprint density at radius 3 is 2.35 bits per heavy atom. The van der Waals surface area contributed by atoms with Crippen molar-refractivity contribution in [2.45, 2.75) is 6.92 Å². The molecule has 0 saturated carbocycles. The van der Waals surface area contributed by atoms with E-state index in [4.69, 9.17) is 16.9 Å². The van der Waals surface area contributed by atoms with Crippen LogP contribution in [0.15, 0.2) is 40.9 Å². The van der Waals surface area contributed by atoms with Crippen LogP contribution in [-0.2, 0) is 0 Å². The zero-order valence-corrected chi connectivity index (χ0v) is 11.5.